The molecular formula is C25H32N4O3. The van der Waals surface area contributed by atoms with E-state index in [1.54, 1.807) is 18.4 Å². The molecule has 0 aliphatic carbocycles. The third-order valence-corrected chi connectivity index (χ3v) is 5.77. The van der Waals surface area contributed by atoms with Gasteiger partial charge in [0.15, 0.2) is 11.4 Å². The van der Waals surface area contributed by atoms with Gasteiger partial charge in [-0.1, -0.05) is 26.3 Å². The Balaban J connectivity index is 2.17. The van der Waals surface area contributed by atoms with Gasteiger partial charge in [-0.3, -0.25) is 4.79 Å². The third kappa shape index (κ3) is 4.38. The largest absolute Gasteiger partial charge is 0.465 e. The van der Waals surface area contributed by atoms with Crippen LogP contribution in [-0.4, -0.2) is 46.5 Å². The number of nitrogens with zero attached hydrogens (tertiary/aromatic N) is 4. The van der Waals surface area contributed by atoms with E-state index in [-0.39, 0.29) is 5.78 Å². The fourth-order valence-electron chi connectivity index (χ4n) is 3.88. The molecule has 3 aromatic rings. The number of anilines is 1. The van der Waals surface area contributed by atoms with Gasteiger partial charge in [0.25, 0.3) is 0 Å². The number of carbonyl (C=O) groups excluding carboxylic acids is 2. The highest BCUT2D eigenvalue weighted by Gasteiger charge is 2.24. The van der Waals surface area contributed by atoms with Gasteiger partial charge in [0.05, 0.1) is 18.2 Å². The molecule has 32 heavy (non-hydrogen) atoms. The Morgan fingerprint density at radius 1 is 1.19 bits per heavy atom. The molecule has 170 valence electrons. The molecule has 0 aliphatic heterocycles. The standard InChI is InChI=1S/C25H32N4O3/c1-7-10-13-28(9-3)19-12-11-18(16(4)14-19)15-20-23(21(30)8-2)26-24-22(25(31)32-6)17(5)27-29(20)24/h11-12,14-15H,7-10,13H2,1-6H3/b20-15-. The van der Waals surface area contributed by atoms with E-state index < -0.39 is 5.97 Å². The minimum absolute atomic E-state index is 0.0961. The summed E-state index contributed by atoms with van der Waals surface area (Å²) in [5.74, 6) is -0.606. The monoisotopic (exact) mass is 436 g/mol. The van der Waals surface area contributed by atoms with Gasteiger partial charge in [0.2, 0.25) is 0 Å². The molecule has 0 fully saturated rings. The number of methoxy groups -OCH3 is 1. The zero-order valence-corrected chi connectivity index (χ0v) is 19.9. The highest BCUT2D eigenvalue weighted by atomic mass is 16.5. The van der Waals surface area contributed by atoms with Crippen molar-refractivity contribution in [3.05, 3.63) is 51.6 Å². The summed E-state index contributed by atoms with van der Waals surface area (Å²) in [5.41, 5.74) is 4.75. The lowest BCUT2D eigenvalue weighted by atomic mass is 10.1. The highest BCUT2D eigenvalue weighted by molar-refractivity contribution is 6.00. The molecule has 0 atom stereocenters. The Morgan fingerprint density at radius 3 is 2.53 bits per heavy atom. The van der Waals surface area contributed by atoms with Gasteiger partial charge in [-0.2, -0.15) is 5.10 Å². The summed E-state index contributed by atoms with van der Waals surface area (Å²) in [6.45, 7) is 11.9. The summed E-state index contributed by atoms with van der Waals surface area (Å²) in [5, 5.41) is 5.08. The topological polar surface area (TPSA) is 76.8 Å². The van der Waals surface area contributed by atoms with Crippen molar-refractivity contribution in [1.82, 2.24) is 14.6 Å². The third-order valence-electron chi connectivity index (χ3n) is 5.77. The van der Waals surface area contributed by atoms with Crippen LogP contribution in [0.2, 0.25) is 0 Å². The van der Waals surface area contributed by atoms with Gasteiger partial charge >= 0.3 is 5.97 Å². The van der Waals surface area contributed by atoms with Gasteiger partial charge in [-0.15, -0.1) is 0 Å². The van der Waals surface area contributed by atoms with Crippen molar-refractivity contribution in [3.63, 3.8) is 0 Å². The lowest BCUT2D eigenvalue weighted by Crippen LogP contribution is -2.24. The van der Waals surface area contributed by atoms with Crippen molar-refractivity contribution < 1.29 is 14.3 Å². The van der Waals surface area contributed by atoms with E-state index in [2.05, 4.69) is 54.0 Å². The van der Waals surface area contributed by atoms with Crippen LogP contribution in [0.25, 0.3) is 11.7 Å². The first-order valence-electron chi connectivity index (χ1n) is 11.2. The highest BCUT2D eigenvalue weighted by Crippen LogP contribution is 2.21. The van der Waals surface area contributed by atoms with Crippen LogP contribution < -0.4 is 10.2 Å². The number of Topliss-reactive ketones (excluding diaryl/α,β-unsaturated/α-hetero) is 1. The number of benzene rings is 1. The number of hydrogen-bond donors (Lipinski definition) is 0. The molecule has 0 bridgehead atoms. The van der Waals surface area contributed by atoms with Crippen molar-refractivity contribution >= 4 is 29.2 Å². The first-order valence-corrected chi connectivity index (χ1v) is 11.2. The zero-order chi connectivity index (χ0) is 23.4. The number of aromatic nitrogens is 3. The number of aryl methyl sites for hydroxylation is 2. The fraction of sp³-hybridized carbons (Fsp3) is 0.440. The Kier molecular flexibility index (Phi) is 7.28. The van der Waals surface area contributed by atoms with Crippen molar-refractivity contribution in [2.24, 2.45) is 0 Å². The molecule has 2 heterocycles. The molecular weight excluding hydrogens is 404 g/mol. The molecule has 0 aliphatic rings. The number of rotatable bonds is 9. The predicted octanol–water partition coefficient (Wildman–Crippen LogP) is 3.90. The minimum atomic E-state index is -0.510. The Labute approximate surface area is 189 Å². The molecule has 0 saturated carbocycles. The molecule has 0 spiro atoms. The summed E-state index contributed by atoms with van der Waals surface area (Å²) < 4.78 is 6.48. The molecule has 7 nitrogen and oxygen atoms in total. The number of hydrogen-bond acceptors (Lipinski definition) is 6. The van der Waals surface area contributed by atoms with Crippen LogP contribution in [0.15, 0.2) is 18.2 Å². The lowest BCUT2D eigenvalue weighted by molar-refractivity contribution is 0.0601. The van der Waals surface area contributed by atoms with E-state index in [0.29, 0.717) is 34.4 Å². The van der Waals surface area contributed by atoms with Crippen LogP contribution in [0.3, 0.4) is 0 Å². The second-order valence-corrected chi connectivity index (χ2v) is 7.93. The number of carbonyl (C=O) groups is 2. The smallest absolute Gasteiger partial charge is 0.343 e. The zero-order valence-electron chi connectivity index (χ0n) is 19.9. The maximum absolute atomic E-state index is 12.6. The molecule has 2 aromatic heterocycles. The van der Waals surface area contributed by atoms with Crippen LogP contribution >= 0.6 is 0 Å². The van der Waals surface area contributed by atoms with Gasteiger partial charge in [-0.05, 0) is 56.5 Å². The van der Waals surface area contributed by atoms with E-state index in [1.807, 2.05) is 6.08 Å². The van der Waals surface area contributed by atoms with Crippen LogP contribution in [0.1, 0.15) is 77.7 Å². The Bertz CT molecular complexity index is 1200. The maximum atomic E-state index is 12.6. The average molecular weight is 437 g/mol. The number of ketones is 1. The van der Waals surface area contributed by atoms with E-state index >= 15 is 0 Å². The lowest BCUT2D eigenvalue weighted by Gasteiger charge is -2.23. The molecule has 0 saturated heterocycles. The molecule has 3 rings (SSSR count). The molecule has 0 unspecified atom stereocenters. The molecule has 0 radical (unpaired) electrons. The van der Waals surface area contributed by atoms with E-state index in [9.17, 15) is 9.59 Å². The summed E-state index contributed by atoms with van der Waals surface area (Å²) in [4.78, 5) is 31.8. The molecule has 0 N–H and O–H groups in total. The average Bonchev–Trinajstić information content (AvgIpc) is 3.29. The number of unbranched alkanes of at least 4 members (excludes halogenated alkanes) is 1. The van der Waals surface area contributed by atoms with Gasteiger partial charge in [0.1, 0.15) is 11.3 Å². The van der Waals surface area contributed by atoms with Crippen LogP contribution in [-0.2, 0) is 4.74 Å². The number of fused-ring (bicyclic) bond motifs is 1. The normalized spacial score (nSPS) is 11.9. The van der Waals surface area contributed by atoms with E-state index in [1.165, 1.54) is 12.8 Å². The number of esters is 1. The van der Waals surface area contributed by atoms with E-state index in [0.717, 1.165) is 37.1 Å². The summed E-state index contributed by atoms with van der Waals surface area (Å²) in [6.07, 6.45) is 4.56. The van der Waals surface area contributed by atoms with Crippen LogP contribution in [0, 0.1) is 13.8 Å². The van der Waals surface area contributed by atoms with Crippen molar-refractivity contribution in [2.45, 2.75) is 53.9 Å². The second-order valence-electron chi connectivity index (χ2n) is 7.93. The maximum Gasteiger partial charge on any atom is 0.343 e. The number of ether oxygens (including phenoxy) is 1. The van der Waals surface area contributed by atoms with Gasteiger partial charge < -0.3 is 9.64 Å². The molecule has 7 heteroatoms. The van der Waals surface area contributed by atoms with Crippen LogP contribution in [0.5, 0.6) is 0 Å². The first-order chi connectivity index (χ1) is 15.4. The summed E-state index contributed by atoms with van der Waals surface area (Å²) in [6, 6.07) is 6.35. The quantitative estimate of drug-likeness (QED) is 0.374. The second kappa shape index (κ2) is 9.94. The van der Waals surface area contributed by atoms with Crippen molar-refractivity contribution in [2.75, 3.05) is 25.1 Å². The first kappa shape index (κ1) is 23.4. The SMILES string of the molecule is CCCCN(CC)c1ccc(/C=c2/c(C(=O)CC)nc3c(C(=O)OC)c(C)nn23)c(C)c1. The molecule has 0 amide bonds. The van der Waals surface area contributed by atoms with Gasteiger partial charge in [-0.25, -0.2) is 14.3 Å². The fourth-order valence-corrected chi connectivity index (χ4v) is 3.88. The summed E-state index contributed by atoms with van der Waals surface area (Å²) >= 11 is 0. The Hall–Kier alpha value is -3.22. The van der Waals surface area contributed by atoms with E-state index in [4.69, 9.17) is 4.74 Å². The van der Waals surface area contributed by atoms with Gasteiger partial charge in [0, 0.05) is 25.2 Å². The minimum Gasteiger partial charge on any atom is -0.465 e. The Morgan fingerprint density at radius 2 is 1.94 bits per heavy atom. The summed E-state index contributed by atoms with van der Waals surface area (Å²) in [7, 11) is 1.32. The molecule has 1 aromatic carbocycles. The number of imidazole rings is 1. The van der Waals surface area contributed by atoms with Crippen LogP contribution in [0.4, 0.5) is 5.69 Å². The van der Waals surface area contributed by atoms with Crippen molar-refractivity contribution in [3.8, 4) is 0 Å². The van der Waals surface area contributed by atoms with Crippen molar-refractivity contribution in [1.29, 1.82) is 0 Å². The predicted molar refractivity (Wildman–Crippen MR) is 126 cm³/mol.